The van der Waals surface area contributed by atoms with Crippen LogP contribution in [0.4, 0.5) is 0 Å². The van der Waals surface area contributed by atoms with Crippen molar-refractivity contribution in [1.29, 1.82) is 5.26 Å². The van der Waals surface area contributed by atoms with E-state index in [1.807, 2.05) is 0 Å². The van der Waals surface area contributed by atoms with Crippen LogP contribution in [0.3, 0.4) is 0 Å². The zero-order chi connectivity index (χ0) is 12.9. The second-order valence-corrected chi connectivity index (χ2v) is 6.99. The number of hydrogen-bond donors (Lipinski definition) is 0. The highest BCUT2D eigenvalue weighted by Gasteiger charge is 2.38. The molecule has 1 heteroatoms. The molecule has 0 atom stereocenters. The van der Waals surface area contributed by atoms with Gasteiger partial charge in [0.05, 0.1) is 11.5 Å². The largest absolute Gasteiger partial charge is 0.198 e. The van der Waals surface area contributed by atoms with Gasteiger partial charge in [-0.2, -0.15) is 5.26 Å². The van der Waals surface area contributed by atoms with Crippen molar-refractivity contribution in [2.45, 2.75) is 79.1 Å². The van der Waals surface area contributed by atoms with E-state index in [9.17, 15) is 5.26 Å². The van der Waals surface area contributed by atoms with Crippen LogP contribution >= 0.6 is 0 Å². The number of nitrogens with zero attached hydrogens (tertiary/aromatic N) is 1. The minimum Gasteiger partial charge on any atom is -0.198 e. The Morgan fingerprint density at radius 1 is 1.18 bits per heavy atom. The van der Waals surface area contributed by atoms with Crippen LogP contribution in [-0.4, -0.2) is 0 Å². The molecule has 0 saturated heterocycles. The van der Waals surface area contributed by atoms with E-state index in [1.54, 1.807) is 0 Å². The Morgan fingerprint density at radius 3 is 2.18 bits per heavy atom. The second kappa shape index (κ2) is 5.89. The van der Waals surface area contributed by atoms with Crippen molar-refractivity contribution in [3.05, 3.63) is 0 Å². The molecule has 0 bridgehead atoms. The first-order chi connectivity index (χ1) is 7.93. The van der Waals surface area contributed by atoms with E-state index in [4.69, 9.17) is 0 Å². The van der Waals surface area contributed by atoms with Gasteiger partial charge in [-0.3, -0.25) is 0 Å². The molecule has 0 aromatic rings. The lowest BCUT2D eigenvalue weighted by atomic mass is 9.63. The van der Waals surface area contributed by atoms with Crippen LogP contribution < -0.4 is 0 Å². The lowest BCUT2D eigenvalue weighted by Crippen LogP contribution is -2.31. The predicted molar refractivity (Wildman–Crippen MR) is 73.6 cm³/mol. The maximum absolute atomic E-state index is 9.48. The third-order valence-electron chi connectivity index (χ3n) is 4.66. The van der Waals surface area contributed by atoms with E-state index in [1.165, 1.54) is 32.1 Å². The molecule has 0 aromatic carbocycles. The van der Waals surface area contributed by atoms with Crippen LogP contribution in [0.25, 0.3) is 0 Å². The molecule has 0 unspecified atom stereocenters. The van der Waals surface area contributed by atoms with Crippen molar-refractivity contribution in [2.75, 3.05) is 0 Å². The highest BCUT2D eigenvalue weighted by Crippen LogP contribution is 2.47. The molecule has 0 heterocycles. The van der Waals surface area contributed by atoms with Gasteiger partial charge >= 0.3 is 0 Å². The van der Waals surface area contributed by atoms with Gasteiger partial charge in [0.1, 0.15) is 0 Å². The molecule has 98 valence electrons. The number of rotatable bonds is 4. The topological polar surface area (TPSA) is 23.8 Å². The summed E-state index contributed by atoms with van der Waals surface area (Å²) in [5, 5.41) is 9.48. The van der Waals surface area contributed by atoms with Crippen molar-refractivity contribution in [2.24, 2.45) is 16.7 Å². The van der Waals surface area contributed by atoms with E-state index >= 15 is 0 Å². The molecule has 0 aliphatic heterocycles. The zero-order valence-corrected chi connectivity index (χ0v) is 12.2. The first kappa shape index (κ1) is 14.6. The fourth-order valence-electron chi connectivity index (χ4n) is 3.17. The van der Waals surface area contributed by atoms with Gasteiger partial charge in [0, 0.05) is 0 Å². The molecule has 0 spiro atoms. The van der Waals surface area contributed by atoms with Crippen LogP contribution in [0.2, 0.25) is 0 Å². The zero-order valence-electron chi connectivity index (χ0n) is 12.2. The monoisotopic (exact) mass is 235 g/mol. The van der Waals surface area contributed by atoms with Gasteiger partial charge in [0.25, 0.3) is 0 Å². The van der Waals surface area contributed by atoms with Crippen molar-refractivity contribution in [3.8, 4) is 6.07 Å². The van der Waals surface area contributed by atoms with Crippen molar-refractivity contribution in [1.82, 2.24) is 0 Å². The van der Waals surface area contributed by atoms with Crippen LogP contribution in [-0.2, 0) is 0 Å². The van der Waals surface area contributed by atoms with E-state index in [2.05, 4.69) is 33.8 Å². The van der Waals surface area contributed by atoms with Crippen molar-refractivity contribution < 1.29 is 0 Å². The summed E-state index contributed by atoms with van der Waals surface area (Å²) >= 11 is 0. The molecule has 17 heavy (non-hydrogen) atoms. The highest BCUT2D eigenvalue weighted by atomic mass is 14.4. The third-order valence-corrected chi connectivity index (χ3v) is 4.66. The summed E-state index contributed by atoms with van der Waals surface area (Å²) in [6.07, 6.45) is 9.69. The van der Waals surface area contributed by atoms with Gasteiger partial charge in [-0.25, -0.2) is 0 Å². The Balaban J connectivity index is 2.49. The molecule has 1 aliphatic rings. The van der Waals surface area contributed by atoms with Crippen LogP contribution in [0.5, 0.6) is 0 Å². The first-order valence-electron chi connectivity index (χ1n) is 7.35. The smallest absolute Gasteiger partial charge is 0.0689 e. The molecule has 0 amide bonds. The van der Waals surface area contributed by atoms with E-state index in [0.29, 0.717) is 5.41 Å². The fraction of sp³-hybridized carbons (Fsp3) is 0.938. The lowest BCUT2D eigenvalue weighted by molar-refractivity contribution is 0.114. The quantitative estimate of drug-likeness (QED) is 0.605. The summed E-state index contributed by atoms with van der Waals surface area (Å²) in [5.41, 5.74) is 0.446. The van der Waals surface area contributed by atoms with Gasteiger partial charge in [-0.05, 0) is 43.4 Å². The first-order valence-corrected chi connectivity index (χ1v) is 7.35. The summed E-state index contributed by atoms with van der Waals surface area (Å²) in [5.74, 6) is 0.815. The number of unbranched alkanes of at least 4 members (excludes halogenated alkanes) is 2. The van der Waals surface area contributed by atoms with Crippen LogP contribution in [0, 0.1) is 28.1 Å². The van der Waals surface area contributed by atoms with E-state index in [-0.39, 0.29) is 5.41 Å². The number of hydrogen-bond acceptors (Lipinski definition) is 1. The number of nitriles is 1. The summed E-state index contributed by atoms with van der Waals surface area (Å²) in [7, 11) is 0. The Bertz CT molecular complexity index is 258. The fourth-order valence-corrected chi connectivity index (χ4v) is 3.17. The molecular formula is C16H29N. The summed E-state index contributed by atoms with van der Waals surface area (Å²) in [6.45, 7) is 9.26. The van der Waals surface area contributed by atoms with Gasteiger partial charge in [-0.15, -0.1) is 0 Å². The average Bonchev–Trinajstić information content (AvgIpc) is 2.29. The molecule has 0 N–H and O–H groups in total. The van der Waals surface area contributed by atoms with Crippen molar-refractivity contribution in [3.63, 3.8) is 0 Å². The van der Waals surface area contributed by atoms with Gasteiger partial charge in [0.15, 0.2) is 0 Å². The molecule has 1 rings (SSSR count). The Morgan fingerprint density at radius 2 is 1.76 bits per heavy atom. The van der Waals surface area contributed by atoms with Crippen LogP contribution in [0.1, 0.15) is 79.1 Å². The molecule has 0 aromatic heterocycles. The predicted octanol–water partition coefficient (Wildman–Crippen LogP) is 5.31. The standard InChI is InChI=1S/C16H29N/c1-5-6-7-10-16(13-17)11-8-14(9-12-16)15(2,3)4/h14H,5-12H2,1-4H3. The molecule has 0 radical (unpaired) electrons. The normalized spacial score (nSPS) is 29.9. The summed E-state index contributed by atoms with van der Waals surface area (Å²) < 4.78 is 0. The van der Waals surface area contributed by atoms with E-state index in [0.717, 1.165) is 25.2 Å². The molecular weight excluding hydrogens is 206 g/mol. The maximum Gasteiger partial charge on any atom is 0.0689 e. The SMILES string of the molecule is CCCCCC1(C#N)CCC(C(C)(C)C)CC1. The minimum absolute atomic E-state index is 0.0247. The van der Waals surface area contributed by atoms with Gasteiger partial charge in [0.2, 0.25) is 0 Å². The minimum atomic E-state index is 0.0247. The van der Waals surface area contributed by atoms with Crippen LogP contribution in [0.15, 0.2) is 0 Å². The van der Waals surface area contributed by atoms with Gasteiger partial charge < -0.3 is 0 Å². The van der Waals surface area contributed by atoms with Gasteiger partial charge in [-0.1, -0.05) is 47.0 Å². The highest BCUT2D eigenvalue weighted by molar-refractivity contribution is 5.02. The lowest BCUT2D eigenvalue weighted by Gasteiger charge is -2.40. The summed E-state index contributed by atoms with van der Waals surface area (Å²) in [4.78, 5) is 0. The summed E-state index contributed by atoms with van der Waals surface area (Å²) in [6, 6.07) is 2.65. The second-order valence-electron chi connectivity index (χ2n) is 6.99. The Kier molecular flexibility index (Phi) is 5.04. The maximum atomic E-state index is 9.48. The van der Waals surface area contributed by atoms with Crippen molar-refractivity contribution >= 4 is 0 Å². The molecule has 1 nitrogen and oxygen atoms in total. The molecule has 1 fully saturated rings. The molecule has 1 saturated carbocycles. The molecule has 1 aliphatic carbocycles. The van der Waals surface area contributed by atoms with E-state index < -0.39 is 0 Å². The Labute approximate surface area is 108 Å². The third kappa shape index (κ3) is 4.02. The Hall–Kier alpha value is -0.510. The average molecular weight is 235 g/mol.